The number of tetrazole rings is 1. The van der Waals surface area contributed by atoms with Gasteiger partial charge in [-0.2, -0.15) is 9.78 Å². The lowest BCUT2D eigenvalue weighted by Gasteiger charge is -2.16. The van der Waals surface area contributed by atoms with E-state index in [0.717, 1.165) is 58.1 Å². The Balaban J connectivity index is 1.86. The summed E-state index contributed by atoms with van der Waals surface area (Å²) in [5, 5.41) is 24.1. The molecule has 170 valence electrons. The van der Waals surface area contributed by atoms with Gasteiger partial charge < -0.3 is 20.9 Å². The number of aromatic nitrogens is 6. The molecular weight excluding hydrogens is 412 g/mol. The average molecular weight is 441 g/mol. The number of benzene rings is 1. The molecule has 0 unspecified atom stereocenters. The Morgan fingerprint density at radius 3 is 2.81 bits per heavy atom. The SMILES string of the molecule is CCCCNc1nc(N)nc(C)c1Cc1cc(Cc2nnn(CC(=O)O)n2)ccc1OC. The normalized spacial score (nSPS) is 10.8. The molecule has 2 heterocycles. The van der Waals surface area contributed by atoms with Crippen LogP contribution in [0.2, 0.25) is 0 Å². The number of nitrogens with two attached hydrogens (primary N) is 1. The number of methoxy groups -OCH3 is 1. The van der Waals surface area contributed by atoms with E-state index in [1.807, 2.05) is 25.1 Å². The van der Waals surface area contributed by atoms with Crippen molar-refractivity contribution in [2.45, 2.75) is 46.1 Å². The average Bonchev–Trinajstić information content (AvgIpc) is 3.16. The number of aryl methyl sites for hydroxylation is 1. The molecule has 4 N–H and O–H groups in total. The molecular formula is C21H28N8O3. The summed E-state index contributed by atoms with van der Waals surface area (Å²) in [6.45, 7) is 4.52. The first kappa shape index (κ1) is 22.9. The number of carbonyl (C=O) groups is 1. The van der Waals surface area contributed by atoms with Gasteiger partial charge in [-0.25, -0.2) is 4.98 Å². The summed E-state index contributed by atoms with van der Waals surface area (Å²) < 4.78 is 5.57. The van der Waals surface area contributed by atoms with Gasteiger partial charge in [0, 0.05) is 30.6 Å². The van der Waals surface area contributed by atoms with Crippen LogP contribution in [-0.2, 0) is 24.2 Å². The van der Waals surface area contributed by atoms with Gasteiger partial charge in [-0.3, -0.25) is 4.79 Å². The molecule has 0 bridgehead atoms. The van der Waals surface area contributed by atoms with Gasteiger partial charge in [-0.15, -0.1) is 10.2 Å². The van der Waals surface area contributed by atoms with Crippen molar-refractivity contribution in [3.8, 4) is 5.75 Å². The zero-order valence-corrected chi connectivity index (χ0v) is 18.5. The van der Waals surface area contributed by atoms with Crippen LogP contribution in [0.4, 0.5) is 11.8 Å². The van der Waals surface area contributed by atoms with E-state index in [2.05, 4.69) is 37.6 Å². The van der Waals surface area contributed by atoms with E-state index in [1.54, 1.807) is 7.11 Å². The number of aliphatic carboxylic acids is 1. The van der Waals surface area contributed by atoms with E-state index in [4.69, 9.17) is 15.6 Å². The Labute approximate surface area is 186 Å². The van der Waals surface area contributed by atoms with Gasteiger partial charge in [0.15, 0.2) is 12.4 Å². The molecule has 2 aromatic heterocycles. The van der Waals surface area contributed by atoms with Gasteiger partial charge in [0.1, 0.15) is 11.6 Å². The maximum Gasteiger partial charge on any atom is 0.327 e. The zero-order chi connectivity index (χ0) is 23.1. The second-order valence-electron chi connectivity index (χ2n) is 7.40. The Bertz CT molecular complexity index is 1080. The summed E-state index contributed by atoms with van der Waals surface area (Å²) in [7, 11) is 1.63. The van der Waals surface area contributed by atoms with Gasteiger partial charge in [-0.1, -0.05) is 25.5 Å². The molecule has 0 saturated heterocycles. The monoisotopic (exact) mass is 440 g/mol. The molecule has 11 nitrogen and oxygen atoms in total. The Morgan fingerprint density at radius 2 is 2.09 bits per heavy atom. The van der Waals surface area contributed by atoms with E-state index in [-0.39, 0.29) is 12.5 Å². The molecule has 0 aliphatic carbocycles. The lowest BCUT2D eigenvalue weighted by atomic mass is 9.99. The summed E-state index contributed by atoms with van der Waals surface area (Å²) >= 11 is 0. The van der Waals surface area contributed by atoms with Crippen LogP contribution in [-0.4, -0.2) is 54.9 Å². The minimum atomic E-state index is -1.02. The molecule has 0 aliphatic heterocycles. The first-order valence-electron chi connectivity index (χ1n) is 10.4. The van der Waals surface area contributed by atoms with E-state index in [1.165, 1.54) is 0 Å². The van der Waals surface area contributed by atoms with Crippen molar-refractivity contribution < 1.29 is 14.6 Å². The third-order valence-electron chi connectivity index (χ3n) is 4.90. The Morgan fingerprint density at radius 1 is 1.28 bits per heavy atom. The van der Waals surface area contributed by atoms with Gasteiger partial charge in [0.05, 0.1) is 7.11 Å². The molecule has 1 aromatic carbocycles. The maximum atomic E-state index is 10.8. The molecule has 3 aromatic rings. The standard InChI is InChI=1S/C21H28N8O3/c1-4-5-8-23-20-16(13(2)24-21(22)25-20)11-15-9-14(6-7-17(15)32-3)10-18-26-28-29(27-18)12-19(30)31/h6-7,9H,4-5,8,10-12H2,1-3H3,(H,30,31)(H3,22,23,24,25). The lowest BCUT2D eigenvalue weighted by molar-refractivity contribution is -0.138. The molecule has 0 atom stereocenters. The largest absolute Gasteiger partial charge is 0.496 e. The highest BCUT2D eigenvalue weighted by molar-refractivity contribution is 5.66. The van der Waals surface area contributed by atoms with Gasteiger partial charge in [0.25, 0.3) is 0 Å². The number of hydrogen-bond donors (Lipinski definition) is 3. The summed E-state index contributed by atoms with van der Waals surface area (Å²) in [6.07, 6.45) is 3.06. The fourth-order valence-corrected chi connectivity index (χ4v) is 3.35. The number of nitrogens with zero attached hydrogens (tertiary/aromatic N) is 6. The van der Waals surface area contributed by atoms with Crippen LogP contribution < -0.4 is 15.8 Å². The van der Waals surface area contributed by atoms with E-state index < -0.39 is 5.97 Å². The fraction of sp³-hybridized carbons (Fsp3) is 0.429. The van der Waals surface area contributed by atoms with Crippen molar-refractivity contribution in [2.75, 3.05) is 24.7 Å². The van der Waals surface area contributed by atoms with Crippen LogP contribution >= 0.6 is 0 Å². The predicted octanol–water partition coefficient (Wildman–Crippen LogP) is 1.84. The number of unbranched alkanes of at least 4 members (excludes halogenated alkanes) is 1. The number of carboxylic acid groups (broad SMARTS) is 1. The highest BCUT2D eigenvalue weighted by atomic mass is 16.5. The second-order valence-corrected chi connectivity index (χ2v) is 7.40. The first-order chi connectivity index (χ1) is 15.4. The van der Waals surface area contributed by atoms with E-state index in [0.29, 0.717) is 18.7 Å². The second kappa shape index (κ2) is 10.5. The van der Waals surface area contributed by atoms with Crippen LogP contribution in [0.1, 0.15) is 48.0 Å². The highest BCUT2D eigenvalue weighted by Crippen LogP contribution is 2.28. The van der Waals surface area contributed by atoms with Crippen LogP contribution in [0.25, 0.3) is 0 Å². The van der Waals surface area contributed by atoms with Crippen molar-refractivity contribution in [1.29, 1.82) is 0 Å². The van der Waals surface area contributed by atoms with Crippen molar-refractivity contribution in [1.82, 2.24) is 30.2 Å². The fourth-order valence-electron chi connectivity index (χ4n) is 3.35. The molecule has 0 amide bonds. The topological polar surface area (TPSA) is 154 Å². The highest BCUT2D eigenvalue weighted by Gasteiger charge is 2.15. The molecule has 0 saturated carbocycles. The van der Waals surface area contributed by atoms with Crippen LogP contribution in [0, 0.1) is 6.92 Å². The summed E-state index contributed by atoms with van der Waals surface area (Å²) in [5.74, 6) is 1.13. The van der Waals surface area contributed by atoms with Crippen molar-refractivity contribution in [3.63, 3.8) is 0 Å². The predicted molar refractivity (Wildman–Crippen MR) is 119 cm³/mol. The van der Waals surface area contributed by atoms with Crippen LogP contribution in [0.15, 0.2) is 18.2 Å². The number of anilines is 2. The first-order valence-corrected chi connectivity index (χ1v) is 10.4. The van der Waals surface area contributed by atoms with Crippen LogP contribution in [0.5, 0.6) is 5.75 Å². The lowest BCUT2D eigenvalue weighted by Crippen LogP contribution is -2.12. The quantitative estimate of drug-likeness (QED) is 0.376. The third-order valence-corrected chi connectivity index (χ3v) is 4.90. The third kappa shape index (κ3) is 5.90. The maximum absolute atomic E-state index is 10.8. The number of carboxylic acids is 1. The molecule has 32 heavy (non-hydrogen) atoms. The number of hydrogen-bond acceptors (Lipinski definition) is 9. The minimum absolute atomic E-state index is 0.237. The summed E-state index contributed by atoms with van der Waals surface area (Å²) in [4.78, 5) is 20.6. The van der Waals surface area contributed by atoms with Crippen molar-refractivity contribution in [2.24, 2.45) is 0 Å². The van der Waals surface area contributed by atoms with E-state index in [9.17, 15) is 4.79 Å². The molecule has 0 aliphatic rings. The summed E-state index contributed by atoms with van der Waals surface area (Å²) in [5.41, 5.74) is 9.55. The van der Waals surface area contributed by atoms with Crippen LogP contribution in [0.3, 0.4) is 0 Å². The minimum Gasteiger partial charge on any atom is -0.496 e. The smallest absolute Gasteiger partial charge is 0.327 e. The van der Waals surface area contributed by atoms with E-state index >= 15 is 0 Å². The molecule has 11 heteroatoms. The molecule has 0 radical (unpaired) electrons. The molecule has 0 fully saturated rings. The van der Waals surface area contributed by atoms with Crippen molar-refractivity contribution in [3.05, 3.63) is 46.4 Å². The summed E-state index contributed by atoms with van der Waals surface area (Å²) in [6, 6.07) is 5.83. The number of nitrogen functional groups attached to an aromatic ring is 1. The number of nitrogens with one attached hydrogen (secondary N) is 1. The molecule has 0 spiro atoms. The Kier molecular flexibility index (Phi) is 7.53. The van der Waals surface area contributed by atoms with Gasteiger partial charge in [-0.05, 0) is 35.8 Å². The van der Waals surface area contributed by atoms with Gasteiger partial charge in [0.2, 0.25) is 5.95 Å². The molecule has 3 rings (SSSR count). The van der Waals surface area contributed by atoms with Gasteiger partial charge >= 0.3 is 5.97 Å². The number of rotatable bonds is 11. The zero-order valence-electron chi connectivity index (χ0n) is 18.5. The van der Waals surface area contributed by atoms with Crippen molar-refractivity contribution >= 4 is 17.7 Å². The Hall–Kier alpha value is -3.76. The number of ether oxygens (including phenoxy) is 1.